The minimum absolute atomic E-state index is 0.673. The third-order valence-corrected chi connectivity index (χ3v) is 5.77. The highest BCUT2D eigenvalue weighted by Crippen LogP contribution is 2.37. The van der Waals surface area contributed by atoms with Gasteiger partial charge in [-0.05, 0) is 36.0 Å². The molecule has 2 nitrogen and oxygen atoms in total. The molecular formula is C21H26N2. The molecule has 0 saturated carbocycles. The predicted octanol–water partition coefficient (Wildman–Crippen LogP) is 3.69. The lowest BCUT2D eigenvalue weighted by Gasteiger charge is -2.37. The van der Waals surface area contributed by atoms with E-state index in [4.69, 9.17) is 0 Å². The molecule has 2 aromatic carbocycles. The van der Waals surface area contributed by atoms with Crippen molar-refractivity contribution in [2.24, 2.45) is 11.8 Å². The fraction of sp³-hybridized carbons (Fsp3) is 0.429. The Labute approximate surface area is 139 Å². The molecule has 3 atom stereocenters. The number of benzene rings is 2. The largest absolute Gasteiger partial charge is 0.367 e. The second-order valence-corrected chi connectivity index (χ2v) is 7.17. The number of hydrogen-bond acceptors (Lipinski definition) is 2. The minimum atomic E-state index is 0.673. The highest BCUT2D eigenvalue weighted by molar-refractivity contribution is 5.49. The van der Waals surface area contributed by atoms with Crippen LogP contribution in [0.25, 0.3) is 0 Å². The summed E-state index contributed by atoms with van der Waals surface area (Å²) in [4.78, 5) is 5.34. The molecule has 2 saturated heterocycles. The van der Waals surface area contributed by atoms with E-state index in [0.717, 1.165) is 11.8 Å². The van der Waals surface area contributed by atoms with E-state index in [1.54, 1.807) is 0 Å². The zero-order valence-corrected chi connectivity index (χ0v) is 13.9. The van der Waals surface area contributed by atoms with Gasteiger partial charge in [-0.3, -0.25) is 0 Å². The van der Waals surface area contributed by atoms with E-state index in [9.17, 15) is 0 Å². The predicted molar refractivity (Wildman–Crippen MR) is 96.8 cm³/mol. The zero-order valence-electron chi connectivity index (χ0n) is 13.9. The van der Waals surface area contributed by atoms with E-state index in [1.807, 2.05) is 0 Å². The number of piperidine rings is 1. The van der Waals surface area contributed by atoms with Gasteiger partial charge in [-0.2, -0.15) is 0 Å². The van der Waals surface area contributed by atoms with Crippen LogP contribution < -0.4 is 4.90 Å². The summed E-state index contributed by atoms with van der Waals surface area (Å²) in [6, 6.07) is 22.5. The van der Waals surface area contributed by atoms with E-state index in [2.05, 4.69) is 77.4 Å². The first-order chi connectivity index (χ1) is 11.3. The Morgan fingerprint density at radius 3 is 2.30 bits per heavy atom. The maximum absolute atomic E-state index is 2.69. The molecule has 23 heavy (non-hydrogen) atoms. The second-order valence-electron chi connectivity index (χ2n) is 7.17. The van der Waals surface area contributed by atoms with Gasteiger partial charge in [-0.15, -0.1) is 0 Å². The van der Waals surface area contributed by atoms with Crippen LogP contribution in [0.15, 0.2) is 60.7 Å². The van der Waals surface area contributed by atoms with Crippen LogP contribution in [-0.2, 0) is 6.42 Å². The van der Waals surface area contributed by atoms with Gasteiger partial charge >= 0.3 is 0 Å². The number of para-hydroxylation sites is 1. The van der Waals surface area contributed by atoms with Crippen LogP contribution in [0, 0.1) is 11.8 Å². The summed E-state index contributed by atoms with van der Waals surface area (Å²) in [5.41, 5.74) is 2.86. The van der Waals surface area contributed by atoms with Crippen molar-refractivity contribution in [1.82, 2.24) is 4.90 Å². The van der Waals surface area contributed by atoms with Crippen LogP contribution in [0.1, 0.15) is 12.5 Å². The van der Waals surface area contributed by atoms with Crippen LogP contribution in [0.3, 0.4) is 0 Å². The van der Waals surface area contributed by atoms with Crippen LogP contribution in [0.4, 0.5) is 5.69 Å². The molecule has 2 heterocycles. The summed E-state index contributed by atoms with van der Waals surface area (Å²) in [7, 11) is 0. The van der Waals surface area contributed by atoms with Crippen molar-refractivity contribution in [3.8, 4) is 0 Å². The highest BCUT2D eigenvalue weighted by Gasteiger charge is 2.44. The molecule has 2 unspecified atom stereocenters. The molecule has 2 aliphatic rings. The smallest absolute Gasteiger partial charge is 0.0446 e. The van der Waals surface area contributed by atoms with Crippen LogP contribution in [-0.4, -0.2) is 37.1 Å². The lowest BCUT2D eigenvalue weighted by Crippen LogP contribution is -2.47. The highest BCUT2D eigenvalue weighted by atomic mass is 15.3. The summed E-state index contributed by atoms with van der Waals surface area (Å²) in [5.74, 6) is 1.62. The lowest BCUT2D eigenvalue weighted by atomic mass is 9.88. The molecule has 120 valence electrons. The molecule has 0 N–H and O–H groups in total. The molecule has 4 rings (SSSR count). The van der Waals surface area contributed by atoms with Crippen LogP contribution >= 0.6 is 0 Å². The molecule has 0 aromatic heterocycles. The number of nitrogens with zero attached hydrogens (tertiary/aromatic N) is 2. The molecule has 2 aromatic rings. The van der Waals surface area contributed by atoms with E-state index >= 15 is 0 Å². The Morgan fingerprint density at radius 1 is 0.870 bits per heavy atom. The Kier molecular flexibility index (Phi) is 4.09. The Balaban J connectivity index is 1.43. The van der Waals surface area contributed by atoms with Crippen molar-refractivity contribution in [1.29, 1.82) is 0 Å². The van der Waals surface area contributed by atoms with Gasteiger partial charge in [0.05, 0.1) is 0 Å². The van der Waals surface area contributed by atoms with E-state index in [-0.39, 0.29) is 0 Å². The molecule has 2 aliphatic heterocycles. The fourth-order valence-corrected chi connectivity index (χ4v) is 4.34. The van der Waals surface area contributed by atoms with E-state index in [0.29, 0.717) is 6.04 Å². The monoisotopic (exact) mass is 306 g/mol. The van der Waals surface area contributed by atoms with E-state index in [1.165, 1.54) is 43.9 Å². The van der Waals surface area contributed by atoms with Crippen molar-refractivity contribution in [2.75, 3.05) is 31.1 Å². The average molecular weight is 306 g/mol. The fourth-order valence-electron chi connectivity index (χ4n) is 4.34. The van der Waals surface area contributed by atoms with Gasteiger partial charge in [0, 0.05) is 37.9 Å². The Morgan fingerprint density at radius 2 is 1.57 bits per heavy atom. The Hall–Kier alpha value is -1.80. The number of hydrogen-bond donors (Lipinski definition) is 0. The maximum atomic E-state index is 2.69. The van der Waals surface area contributed by atoms with Gasteiger partial charge in [0.2, 0.25) is 0 Å². The summed E-state index contributed by atoms with van der Waals surface area (Å²) >= 11 is 0. The molecule has 0 amide bonds. The standard InChI is InChI=1S/C21H26N2/c1-17-19-14-22(13-12-18-8-4-2-5-9-18)16-21(17)23(15-19)20-10-6-3-7-11-20/h2-11,17,19,21H,12-16H2,1H3/t17-,19?,21?/m1/s1. The maximum Gasteiger partial charge on any atom is 0.0446 e. The molecule has 0 radical (unpaired) electrons. The molecular weight excluding hydrogens is 280 g/mol. The lowest BCUT2D eigenvalue weighted by molar-refractivity contribution is 0.153. The third kappa shape index (κ3) is 3.00. The Bertz CT molecular complexity index is 625. The molecule has 2 bridgehead atoms. The van der Waals surface area contributed by atoms with Crippen molar-refractivity contribution >= 4 is 5.69 Å². The first-order valence-electron chi connectivity index (χ1n) is 8.89. The average Bonchev–Trinajstić information content (AvgIpc) is 2.80. The SMILES string of the molecule is C[C@@H]1C2CN(CCc3ccccc3)CC1N(c1ccccc1)C2. The molecule has 0 spiro atoms. The van der Waals surface area contributed by atoms with Crippen molar-refractivity contribution in [3.05, 3.63) is 66.2 Å². The summed E-state index contributed by atoms with van der Waals surface area (Å²) in [6.07, 6.45) is 1.17. The third-order valence-electron chi connectivity index (χ3n) is 5.77. The normalized spacial score (nSPS) is 27.3. The van der Waals surface area contributed by atoms with Gasteiger partial charge in [0.15, 0.2) is 0 Å². The van der Waals surface area contributed by atoms with Crippen molar-refractivity contribution < 1.29 is 0 Å². The van der Waals surface area contributed by atoms with Gasteiger partial charge in [-0.1, -0.05) is 55.5 Å². The number of fused-ring (bicyclic) bond motifs is 2. The van der Waals surface area contributed by atoms with Gasteiger partial charge in [0.25, 0.3) is 0 Å². The zero-order chi connectivity index (χ0) is 15.6. The first kappa shape index (κ1) is 14.8. The van der Waals surface area contributed by atoms with Gasteiger partial charge < -0.3 is 9.80 Å². The minimum Gasteiger partial charge on any atom is -0.367 e. The second kappa shape index (κ2) is 6.37. The first-order valence-corrected chi connectivity index (χ1v) is 8.89. The van der Waals surface area contributed by atoms with Gasteiger partial charge in [-0.25, -0.2) is 0 Å². The summed E-state index contributed by atoms with van der Waals surface area (Å²) in [5, 5.41) is 0. The number of anilines is 1. The van der Waals surface area contributed by atoms with Crippen LogP contribution in [0.2, 0.25) is 0 Å². The number of rotatable bonds is 4. The van der Waals surface area contributed by atoms with E-state index < -0.39 is 0 Å². The topological polar surface area (TPSA) is 6.48 Å². The molecule has 0 aliphatic carbocycles. The quantitative estimate of drug-likeness (QED) is 0.850. The number of likely N-dealkylation sites (tertiary alicyclic amines) is 1. The van der Waals surface area contributed by atoms with Crippen LogP contribution in [0.5, 0.6) is 0 Å². The summed E-state index contributed by atoms with van der Waals surface area (Å²) in [6.45, 7) is 7.32. The van der Waals surface area contributed by atoms with Crippen molar-refractivity contribution in [2.45, 2.75) is 19.4 Å². The van der Waals surface area contributed by atoms with Crippen molar-refractivity contribution in [3.63, 3.8) is 0 Å². The molecule has 2 heteroatoms. The molecule has 2 fully saturated rings. The summed E-state index contributed by atoms with van der Waals surface area (Å²) < 4.78 is 0. The van der Waals surface area contributed by atoms with Gasteiger partial charge in [0.1, 0.15) is 0 Å².